The van der Waals surface area contributed by atoms with Crippen molar-refractivity contribution < 1.29 is 4.74 Å². The highest BCUT2D eigenvalue weighted by atomic mass is 79.9. The SMILES string of the molecule is CNC(Cc1ccccc1Br)C1COc2ccccc2C1. The third-order valence-electron chi connectivity index (χ3n) is 4.25. The Morgan fingerprint density at radius 3 is 2.76 bits per heavy atom. The number of para-hydroxylation sites is 1. The van der Waals surface area contributed by atoms with E-state index in [-0.39, 0.29) is 0 Å². The van der Waals surface area contributed by atoms with Crippen molar-refractivity contribution in [1.29, 1.82) is 0 Å². The van der Waals surface area contributed by atoms with Gasteiger partial charge in [0.15, 0.2) is 0 Å². The van der Waals surface area contributed by atoms with Crippen molar-refractivity contribution >= 4 is 15.9 Å². The van der Waals surface area contributed by atoms with Crippen molar-refractivity contribution in [2.24, 2.45) is 5.92 Å². The third kappa shape index (κ3) is 3.30. The average molecular weight is 346 g/mol. The molecule has 0 spiro atoms. The number of fused-ring (bicyclic) bond motifs is 1. The Balaban J connectivity index is 1.74. The Labute approximate surface area is 134 Å². The largest absolute Gasteiger partial charge is 0.493 e. The van der Waals surface area contributed by atoms with E-state index in [2.05, 4.69) is 63.7 Å². The molecule has 2 atom stereocenters. The highest BCUT2D eigenvalue weighted by molar-refractivity contribution is 9.10. The summed E-state index contributed by atoms with van der Waals surface area (Å²) in [4.78, 5) is 0. The Morgan fingerprint density at radius 1 is 1.19 bits per heavy atom. The molecule has 0 saturated carbocycles. The number of hydrogen-bond acceptors (Lipinski definition) is 2. The van der Waals surface area contributed by atoms with E-state index in [0.717, 1.165) is 25.2 Å². The molecule has 2 aromatic rings. The van der Waals surface area contributed by atoms with Crippen LogP contribution in [0.25, 0.3) is 0 Å². The van der Waals surface area contributed by atoms with Crippen LogP contribution >= 0.6 is 15.9 Å². The highest BCUT2D eigenvalue weighted by Gasteiger charge is 2.26. The molecular formula is C18H20BrNO. The van der Waals surface area contributed by atoms with Gasteiger partial charge in [-0.1, -0.05) is 52.3 Å². The van der Waals surface area contributed by atoms with Gasteiger partial charge in [0.2, 0.25) is 0 Å². The number of halogens is 1. The van der Waals surface area contributed by atoms with Crippen molar-refractivity contribution in [1.82, 2.24) is 5.32 Å². The zero-order chi connectivity index (χ0) is 14.7. The first-order valence-corrected chi connectivity index (χ1v) is 8.18. The first-order valence-electron chi connectivity index (χ1n) is 7.39. The lowest BCUT2D eigenvalue weighted by Crippen LogP contribution is -2.41. The molecule has 2 unspecified atom stereocenters. The van der Waals surface area contributed by atoms with E-state index in [1.165, 1.54) is 15.6 Å². The number of ether oxygens (including phenoxy) is 1. The van der Waals surface area contributed by atoms with E-state index in [1.54, 1.807) is 0 Å². The van der Waals surface area contributed by atoms with Crippen LogP contribution < -0.4 is 10.1 Å². The van der Waals surface area contributed by atoms with Gasteiger partial charge in [0, 0.05) is 16.4 Å². The summed E-state index contributed by atoms with van der Waals surface area (Å²) >= 11 is 3.64. The normalized spacial score (nSPS) is 18.7. The molecule has 0 aromatic heterocycles. The van der Waals surface area contributed by atoms with Gasteiger partial charge >= 0.3 is 0 Å². The Morgan fingerprint density at radius 2 is 1.95 bits per heavy atom. The van der Waals surface area contributed by atoms with Crippen LogP contribution in [0.15, 0.2) is 53.0 Å². The molecule has 2 nitrogen and oxygen atoms in total. The van der Waals surface area contributed by atoms with Crippen LogP contribution in [-0.4, -0.2) is 19.7 Å². The first kappa shape index (κ1) is 14.6. The van der Waals surface area contributed by atoms with Crippen molar-refractivity contribution in [3.05, 3.63) is 64.1 Å². The zero-order valence-corrected chi connectivity index (χ0v) is 13.8. The van der Waals surface area contributed by atoms with E-state index in [0.29, 0.717) is 12.0 Å². The van der Waals surface area contributed by atoms with Gasteiger partial charge in [-0.15, -0.1) is 0 Å². The molecule has 3 heteroatoms. The summed E-state index contributed by atoms with van der Waals surface area (Å²) in [5, 5.41) is 3.48. The van der Waals surface area contributed by atoms with Gasteiger partial charge in [0.25, 0.3) is 0 Å². The maximum absolute atomic E-state index is 5.94. The summed E-state index contributed by atoms with van der Waals surface area (Å²) < 4.78 is 7.12. The van der Waals surface area contributed by atoms with Crippen LogP contribution in [0.2, 0.25) is 0 Å². The fraction of sp³-hybridized carbons (Fsp3) is 0.333. The second kappa shape index (κ2) is 6.63. The lowest BCUT2D eigenvalue weighted by atomic mass is 9.87. The quantitative estimate of drug-likeness (QED) is 0.909. The standard InChI is InChI=1S/C18H20BrNO/c1-20-17(11-13-6-2-4-8-16(13)19)15-10-14-7-3-5-9-18(14)21-12-15/h2-9,15,17,20H,10-12H2,1H3. The fourth-order valence-electron chi connectivity index (χ4n) is 3.02. The minimum atomic E-state index is 0.414. The fourth-order valence-corrected chi connectivity index (χ4v) is 3.46. The molecule has 110 valence electrons. The number of hydrogen-bond donors (Lipinski definition) is 1. The van der Waals surface area contributed by atoms with Gasteiger partial charge in [0.1, 0.15) is 5.75 Å². The summed E-state index contributed by atoms with van der Waals surface area (Å²) in [6.45, 7) is 0.785. The van der Waals surface area contributed by atoms with Gasteiger partial charge in [-0.25, -0.2) is 0 Å². The molecule has 21 heavy (non-hydrogen) atoms. The molecule has 0 bridgehead atoms. The lowest BCUT2D eigenvalue weighted by Gasteiger charge is -2.31. The minimum Gasteiger partial charge on any atom is -0.493 e. The van der Waals surface area contributed by atoms with Gasteiger partial charge < -0.3 is 10.1 Å². The molecule has 1 aliphatic heterocycles. The number of nitrogens with one attached hydrogen (secondary N) is 1. The summed E-state index contributed by atoms with van der Waals surface area (Å²) in [6.07, 6.45) is 2.08. The maximum atomic E-state index is 5.94. The van der Waals surface area contributed by atoms with Gasteiger partial charge in [0.05, 0.1) is 6.61 Å². The van der Waals surface area contributed by atoms with Crippen molar-refractivity contribution in [3.8, 4) is 5.75 Å². The zero-order valence-electron chi connectivity index (χ0n) is 12.2. The molecule has 3 rings (SSSR count). The van der Waals surface area contributed by atoms with Crippen molar-refractivity contribution in [3.63, 3.8) is 0 Å². The van der Waals surface area contributed by atoms with Crippen molar-refractivity contribution in [2.75, 3.05) is 13.7 Å². The number of rotatable bonds is 4. The second-order valence-corrected chi connectivity index (χ2v) is 6.43. The average Bonchev–Trinajstić information content (AvgIpc) is 2.54. The van der Waals surface area contributed by atoms with E-state index < -0.39 is 0 Å². The lowest BCUT2D eigenvalue weighted by molar-refractivity contribution is 0.187. The van der Waals surface area contributed by atoms with E-state index >= 15 is 0 Å². The first-order chi connectivity index (χ1) is 10.3. The van der Waals surface area contributed by atoms with E-state index in [9.17, 15) is 0 Å². The molecule has 1 aliphatic rings. The molecular weight excluding hydrogens is 326 g/mol. The topological polar surface area (TPSA) is 21.3 Å². The van der Waals surface area contributed by atoms with E-state index in [1.807, 2.05) is 13.1 Å². The molecule has 1 N–H and O–H groups in total. The molecule has 2 aromatic carbocycles. The van der Waals surface area contributed by atoms with Crippen LogP contribution in [0.1, 0.15) is 11.1 Å². The number of likely N-dealkylation sites (N-methyl/N-ethyl adjacent to an activating group) is 1. The number of benzene rings is 2. The Hall–Kier alpha value is -1.32. The van der Waals surface area contributed by atoms with E-state index in [4.69, 9.17) is 4.74 Å². The minimum absolute atomic E-state index is 0.414. The summed E-state index contributed by atoms with van der Waals surface area (Å²) in [5.74, 6) is 1.54. The van der Waals surface area contributed by atoms with Crippen LogP contribution in [-0.2, 0) is 12.8 Å². The predicted octanol–water partition coefficient (Wildman–Crippen LogP) is 3.83. The molecule has 0 fully saturated rings. The predicted molar refractivity (Wildman–Crippen MR) is 89.8 cm³/mol. The van der Waals surface area contributed by atoms with Crippen LogP contribution in [0, 0.1) is 5.92 Å². The molecule has 1 heterocycles. The second-order valence-electron chi connectivity index (χ2n) is 5.57. The molecule has 0 aliphatic carbocycles. The molecule has 0 amide bonds. The summed E-state index contributed by atoms with van der Waals surface area (Å²) in [5.41, 5.74) is 2.66. The van der Waals surface area contributed by atoms with Crippen molar-refractivity contribution in [2.45, 2.75) is 18.9 Å². The van der Waals surface area contributed by atoms with Crippen LogP contribution in [0.3, 0.4) is 0 Å². The molecule has 0 saturated heterocycles. The Kier molecular flexibility index (Phi) is 4.61. The van der Waals surface area contributed by atoms with Gasteiger partial charge in [-0.3, -0.25) is 0 Å². The highest BCUT2D eigenvalue weighted by Crippen LogP contribution is 2.30. The monoisotopic (exact) mass is 345 g/mol. The van der Waals surface area contributed by atoms with Crippen LogP contribution in [0.4, 0.5) is 0 Å². The summed E-state index contributed by atoms with van der Waals surface area (Å²) in [7, 11) is 2.04. The Bertz CT molecular complexity index is 614. The van der Waals surface area contributed by atoms with Gasteiger partial charge in [-0.2, -0.15) is 0 Å². The maximum Gasteiger partial charge on any atom is 0.122 e. The van der Waals surface area contributed by atoms with Crippen LogP contribution in [0.5, 0.6) is 5.75 Å². The summed E-state index contributed by atoms with van der Waals surface area (Å²) in [6, 6.07) is 17.2. The third-order valence-corrected chi connectivity index (χ3v) is 5.02. The van der Waals surface area contributed by atoms with Gasteiger partial charge in [-0.05, 0) is 43.1 Å². The molecule has 0 radical (unpaired) electrons. The smallest absolute Gasteiger partial charge is 0.122 e.